The Morgan fingerprint density at radius 2 is 1.79 bits per heavy atom. The highest BCUT2D eigenvalue weighted by Crippen LogP contribution is 2.45. The number of carboxylic acid groups (broad SMARTS) is 1. The predicted octanol–water partition coefficient (Wildman–Crippen LogP) is 3.44. The van der Waals surface area contributed by atoms with Crippen LogP contribution >= 0.6 is 0 Å². The molecule has 2 fully saturated rings. The standard InChI is InChI=1S/C25H36N2O6/c1-15(2)7-17-11-26-6-5-16-9-22(31-3)23(32-4)10-20(16)21(26)8-18(17)14-33-25(30)27-12-19(13-27)24(28)29/h9-10,15,17-19,21H,5-8,11-14H2,1-4H3,(H,28,29)/t17-,18+,21-/m1/s1. The largest absolute Gasteiger partial charge is 0.493 e. The number of amides is 1. The molecule has 0 saturated carbocycles. The third kappa shape index (κ3) is 4.90. The number of methoxy groups -OCH3 is 2. The molecule has 0 spiro atoms. The molecule has 0 aromatic heterocycles. The fourth-order valence-electron chi connectivity index (χ4n) is 5.63. The number of carboxylic acids is 1. The molecule has 8 heteroatoms. The Hall–Kier alpha value is -2.48. The lowest BCUT2D eigenvalue weighted by atomic mass is 9.74. The van der Waals surface area contributed by atoms with Gasteiger partial charge in [-0.15, -0.1) is 0 Å². The second kappa shape index (κ2) is 9.79. The van der Waals surface area contributed by atoms with Crippen molar-refractivity contribution < 1.29 is 28.9 Å². The molecule has 3 atom stereocenters. The highest BCUT2D eigenvalue weighted by atomic mass is 16.6. The van der Waals surface area contributed by atoms with Gasteiger partial charge in [0.1, 0.15) is 0 Å². The van der Waals surface area contributed by atoms with Gasteiger partial charge in [0.25, 0.3) is 0 Å². The van der Waals surface area contributed by atoms with Crippen molar-refractivity contribution in [3.05, 3.63) is 23.3 Å². The molecule has 0 aliphatic carbocycles. The minimum atomic E-state index is -0.855. The van der Waals surface area contributed by atoms with Gasteiger partial charge in [0, 0.05) is 32.2 Å². The van der Waals surface area contributed by atoms with Crippen LogP contribution in [0.2, 0.25) is 0 Å². The van der Waals surface area contributed by atoms with Gasteiger partial charge < -0.3 is 24.2 Å². The summed E-state index contributed by atoms with van der Waals surface area (Å²) in [5.41, 5.74) is 2.58. The average molecular weight is 461 g/mol. The van der Waals surface area contributed by atoms with Gasteiger partial charge in [-0.25, -0.2) is 4.79 Å². The summed E-state index contributed by atoms with van der Waals surface area (Å²) in [6.07, 6.45) is 2.61. The smallest absolute Gasteiger partial charge is 0.409 e. The lowest BCUT2D eigenvalue weighted by Crippen LogP contribution is -2.53. The van der Waals surface area contributed by atoms with E-state index in [2.05, 4.69) is 30.9 Å². The van der Waals surface area contributed by atoms with E-state index in [1.807, 2.05) is 0 Å². The van der Waals surface area contributed by atoms with E-state index in [4.69, 9.17) is 19.3 Å². The van der Waals surface area contributed by atoms with E-state index in [1.54, 1.807) is 14.2 Å². The van der Waals surface area contributed by atoms with Crippen LogP contribution in [-0.4, -0.2) is 74.0 Å². The number of ether oxygens (including phenoxy) is 3. The minimum absolute atomic E-state index is 0.236. The van der Waals surface area contributed by atoms with Gasteiger partial charge >= 0.3 is 12.1 Å². The summed E-state index contributed by atoms with van der Waals surface area (Å²) in [5.74, 6) is 1.46. The van der Waals surface area contributed by atoms with E-state index in [9.17, 15) is 9.59 Å². The van der Waals surface area contributed by atoms with E-state index in [0.29, 0.717) is 18.4 Å². The van der Waals surface area contributed by atoms with Crippen LogP contribution < -0.4 is 9.47 Å². The molecule has 3 heterocycles. The van der Waals surface area contributed by atoms with E-state index in [0.717, 1.165) is 43.9 Å². The number of piperidine rings is 1. The Bertz CT molecular complexity index is 882. The van der Waals surface area contributed by atoms with Crippen molar-refractivity contribution in [3.63, 3.8) is 0 Å². The molecule has 1 amide bonds. The van der Waals surface area contributed by atoms with Gasteiger partial charge in [0.15, 0.2) is 11.5 Å². The van der Waals surface area contributed by atoms with Crippen LogP contribution in [0.4, 0.5) is 4.79 Å². The number of likely N-dealkylation sites (tertiary alicyclic amines) is 1. The van der Waals surface area contributed by atoms with Crippen molar-refractivity contribution in [1.82, 2.24) is 9.80 Å². The Morgan fingerprint density at radius 1 is 1.09 bits per heavy atom. The summed E-state index contributed by atoms with van der Waals surface area (Å²) >= 11 is 0. The second-order valence-electron chi connectivity index (χ2n) is 10.1. The first-order valence-corrected chi connectivity index (χ1v) is 11.9. The molecule has 3 aliphatic heterocycles. The zero-order chi connectivity index (χ0) is 23.7. The summed E-state index contributed by atoms with van der Waals surface area (Å²) in [7, 11) is 3.33. The average Bonchev–Trinajstić information content (AvgIpc) is 2.74. The number of hydrogen-bond acceptors (Lipinski definition) is 6. The number of fused-ring (bicyclic) bond motifs is 3. The maximum absolute atomic E-state index is 12.5. The van der Waals surface area contributed by atoms with E-state index in [-0.39, 0.29) is 25.0 Å². The van der Waals surface area contributed by atoms with Crippen molar-refractivity contribution in [2.45, 2.75) is 39.2 Å². The van der Waals surface area contributed by atoms with Gasteiger partial charge in [-0.2, -0.15) is 0 Å². The molecule has 3 aliphatic rings. The Morgan fingerprint density at radius 3 is 2.42 bits per heavy atom. The maximum Gasteiger partial charge on any atom is 0.409 e. The van der Waals surface area contributed by atoms with Crippen LogP contribution in [0.1, 0.15) is 43.9 Å². The predicted molar refractivity (Wildman–Crippen MR) is 123 cm³/mol. The Labute approximate surface area is 195 Å². The SMILES string of the molecule is COc1cc2c(cc1OC)[C@H]1C[C@@H](COC(=O)N3CC(C(=O)O)C3)[C@H](CC(C)C)CN1CC2. The number of nitrogens with zero attached hydrogens (tertiary/aromatic N) is 2. The van der Waals surface area contributed by atoms with Gasteiger partial charge in [-0.3, -0.25) is 9.69 Å². The maximum atomic E-state index is 12.5. The lowest BCUT2D eigenvalue weighted by Gasteiger charge is -2.47. The Kier molecular flexibility index (Phi) is 7.02. The molecule has 4 rings (SSSR count). The fraction of sp³-hybridized carbons (Fsp3) is 0.680. The van der Waals surface area contributed by atoms with Crippen LogP contribution in [0.5, 0.6) is 11.5 Å². The van der Waals surface area contributed by atoms with Gasteiger partial charge in [0.05, 0.1) is 26.7 Å². The quantitative estimate of drug-likeness (QED) is 0.667. The van der Waals surface area contributed by atoms with Crippen molar-refractivity contribution in [2.75, 3.05) is 47.0 Å². The summed E-state index contributed by atoms with van der Waals surface area (Å²) < 4.78 is 16.8. The first kappa shape index (κ1) is 23.7. The van der Waals surface area contributed by atoms with Gasteiger partial charge in [-0.1, -0.05) is 13.8 Å². The highest BCUT2D eigenvalue weighted by Gasteiger charge is 2.41. The molecule has 0 radical (unpaired) electrons. The summed E-state index contributed by atoms with van der Waals surface area (Å²) in [4.78, 5) is 27.6. The zero-order valence-corrected chi connectivity index (χ0v) is 20.1. The molecular formula is C25H36N2O6. The van der Waals surface area contributed by atoms with Crippen molar-refractivity contribution in [2.24, 2.45) is 23.7 Å². The molecular weight excluding hydrogens is 424 g/mol. The third-order valence-electron chi connectivity index (χ3n) is 7.46. The van der Waals surface area contributed by atoms with E-state index < -0.39 is 18.0 Å². The third-order valence-corrected chi connectivity index (χ3v) is 7.46. The highest BCUT2D eigenvalue weighted by molar-refractivity contribution is 5.76. The van der Waals surface area contributed by atoms with Crippen LogP contribution in [0.3, 0.4) is 0 Å². The van der Waals surface area contributed by atoms with Crippen LogP contribution in [0.15, 0.2) is 12.1 Å². The lowest BCUT2D eigenvalue weighted by molar-refractivity contribution is -0.146. The molecule has 33 heavy (non-hydrogen) atoms. The summed E-state index contributed by atoms with van der Waals surface area (Å²) in [5, 5.41) is 9.05. The molecule has 8 nitrogen and oxygen atoms in total. The van der Waals surface area contributed by atoms with E-state index >= 15 is 0 Å². The van der Waals surface area contributed by atoms with Crippen molar-refractivity contribution >= 4 is 12.1 Å². The zero-order valence-electron chi connectivity index (χ0n) is 20.1. The summed E-state index contributed by atoms with van der Waals surface area (Å²) in [6, 6.07) is 4.48. The number of benzene rings is 1. The van der Waals surface area contributed by atoms with Crippen molar-refractivity contribution in [1.29, 1.82) is 0 Å². The van der Waals surface area contributed by atoms with Gasteiger partial charge in [-0.05, 0) is 60.3 Å². The fourth-order valence-corrected chi connectivity index (χ4v) is 5.63. The van der Waals surface area contributed by atoms with Crippen LogP contribution in [-0.2, 0) is 16.0 Å². The monoisotopic (exact) mass is 460 g/mol. The number of carbonyl (C=O) groups excluding carboxylic acids is 1. The molecule has 2 saturated heterocycles. The molecule has 0 unspecified atom stereocenters. The molecule has 182 valence electrons. The number of hydrogen-bond donors (Lipinski definition) is 1. The van der Waals surface area contributed by atoms with Gasteiger partial charge in [0.2, 0.25) is 0 Å². The molecule has 0 bridgehead atoms. The first-order chi connectivity index (χ1) is 15.8. The molecule has 1 aromatic rings. The Balaban J connectivity index is 1.48. The number of rotatable bonds is 7. The minimum Gasteiger partial charge on any atom is -0.493 e. The van der Waals surface area contributed by atoms with Crippen LogP contribution in [0.25, 0.3) is 0 Å². The van der Waals surface area contributed by atoms with E-state index in [1.165, 1.54) is 16.0 Å². The number of aliphatic carboxylic acids is 1. The summed E-state index contributed by atoms with van der Waals surface area (Å²) in [6.45, 7) is 7.33. The molecule has 1 aromatic carbocycles. The van der Waals surface area contributed by atoms with Crippen LogP contribution in [0, 0.1) is 23.7 Å². The molecule has 1 N–H and O–H groups in total. The normalized spacial score (nSPS) is 25.1. The second-order valence-corrected chi connectivity index (χ2v) is 10.1. The van der Waals surface area contributed by atoms with Crippen molar-refractivity contribution in [3.8, 4) is 11.5 Å². The first-order valence-electron chi connectivity index (χ1n) is 11.9. The topological polar surface area (TPSA) is 88.5 Å². The number of carbonyl (C=O) groups is 2.